The van der Waals surface area contributed by atoms with Gasteiger partial charge in [0.15, 0.2) is 11.6 Å². The van der Waals surface area contributed by atoms with Gasteiger partial charge in [0.05, 0.1) is 4.47 Å². The minimum Gasteiger partial charge on any atom is -0.453 e. The van der Waals surface area contributed by atoms with Crippen LogP contribution in [-0.4, -0.2) is 0 Å². The molecule has 0 aliphatic heterocycles. The quantitative estimate of drug-likeness (QED) is 0.924. The molecule has 0 aromatic heterocycles. The molecule has 0 aliphatic rings. The lowest BCUT2D eigenvalue weighted by Crippen LogP contribution is -2.01. The molecule has 2 N–H and O–H groups in total. The second-order valence-electron chi connectivity index (χ2n) is 3.97. The first-order valence-electron chi connectivity index (χ1n) is 5.53. The van der Waals surface area contributed by atoms with Gasteiger partial charge in [0.2, 0.25) is 0 Å². The second kappa shape index (κ2) is 5.50. The fraction of sp³-hybridized carbons (Fsp3) is 0.143. The molecule has 0 bridgehead atoms. The number of nitrogens with two attached hydrogens (primary N) is 1. The van der Waals surface area contributed by atoms with Gasteiger partial charge in [-0.25, -0.2) is 4.39 Å². The summed E-state index contributed by atoms with van der Waals surface area (Å²) >= 11 is 3.40. The summed E-state index contributed by atoms with van der Waals surface area (Å²) in [5, 5.41) is 0. The fourth-order valence-electron chi connectivity index (χ4n) is 1.63. The highest BCUT2D eigenvalue weighted by Crippen LogP contribution is 2.33. The van der Waals surface area contributed by atoms with Crippen LogP contribution in [0.4, 0.5) is 4.39 Å². The van der Waals surface area contributed by atoms with Gasteiger partial charge in [-0.3, -0.25) is 0 Å². The summed E-state index contributed by atoms with van der Waals surface area (Å²) < 4.78 is 20.1. The normalized spacial score (nSPS) is 10.4. The van der Waals surface area contributed by atoms with Gasteiger partial charge in [-0.05, 0) is 46.6 Å². The molecule has 0 heterocycles. The van der Waals surface area contributed by atoms with Gasteiger partial charge in [0, 0.05) is 12.1 Å². The zero-order valence-corrected chi connectivity index (χ0v) is 11.5. The van der Waals surface area contributed by atoms with Crippen LogP contribution in [-0.2, 0) is 6.54 Å². The Labute approximate surface area is 114 Å². The Morgan fingerprint density at radius 3 is 2.72 bits per heavy atom. The van der Waals surface area contributed by atoms with E-state index in [0.717, 1.165) is 10.0 Å². The highest BCUT2D eigenvalue weighted by molar-refractivity contribution is 9.10. The molecule has 2 nitrogen and oxygen atoms in total. The van der Waals surface area contributed by atoms with Gasteiger partial charge in [0.1, 0.15) is 5.75 Å². The Morgan fingerprint density at radius 2 is 2.06 bits per heavy atom. The number of halogens is 2. The van der Waals surface area contributed by atoms with Gasteiger partial charge in [-0.2, -0.15) is 0 Å². The van der Waals surface area contributed by atoms with Crippen LogP contribution >= 0.6 is 15.9 Å². The first kappa shape index (κ1) is 13.1. The van der Waals surface area contributed by atoms with Crippen LogP contribution in [0.1, 0.15) is 11.1 Å². The lowest BCUT2D eigenvalue weighted by atomic mass is 10.2. The number of benzene rings is 2. The first-order valence-corrected chi connectivity index (χ1v) is 6.32. The second-order valence-corrected chi connectivity index (χ2v) is 4.82. The van der Waals surface area contributed by atoms with Crippen molar-refractivity contribution >= 4 is 15.9 Å². The molecule has 0 spiro atoms. The van der Waals surface area contributed by atoms with Crippen molar-refractivity contribution in [3.63, 3.8) is 0 Å². The summed E-state index contributed by atoms with van der Waals surface area (Å²) in [6, 6.07) is 10.3. The summed E-state index contributed by atoms with van der Waals surface area (Å²) in [7, 11) is 0. The maximum absolute atomic E-state index is 13.7. The molecule has 0 amide bonds. The maximum atomic E-state index is 13.7. The van der Waals surface area contributed by atoms with E-state index in [9.17, 15) is 4.39 Å². The summed E-state index contributed by atoms with van der Waals surface area (Å²) in [6.45, 7) is 2.21. The van der Waals surface area contributed by atoms with Gasteiger partial charge >= 0.3 is 0 Å². The molecule has 0 saturated carbocycles. The smallest absolute Gasteiger partial charge is 0.167 e. The van der Waals surface area contributed by atoms with Crippen molar-refractivity contribution in [2.45, 2.75) is 13.5 Å². The fourth-order valence-corrected chi connectivity index (χ4v) is 2.20. The molecule has 2 aromatic carbocycles. The molecule has 0 aliphatic carbocycles. The maximum Gasteiger partial charge on any atom is 0.167 e. The van der Waals surface area contributed by atoms with Crippen molar-refractivity contribution in [3.05, 3.63) is 57.8 Å². The van der Waals surface area contributed by atoms with E-state index >= 15 is 0 Å². The number of rotatable bonds is 3. The number of aryl methyl sites for hydroxylation is 1. The molecule has 94 valence electrons. The van der Waals surface area contributed by atoms with Crippen LogP contribution in [0.15, 0.2) is 40.9 Å². The molecule has 0 atom stereocenters. The van der Waals surface area contributed by atoms with E-state index < -0.39 is 5.82 Å². The Kier molecular flexibility index (Phi) is 3.99. The minimum atomic E-state index is -0.412. The van der Waals surface area contributed by atoms with E-state index in [-0.39, 0.29) is 12.3 Å². The Hall–Kier alpha value is -1.39. The van der Waals surface area contributed by atoms with Crippen LogP contribution < -0.4 is 10.5 Å². The average molecular weight is 310 g/mol. The molecule has 4 heteroatoms. The van der Waals surface area contributed by atoms with Crippen LogP contribution in [0.2, 0.25) is 0 Å². The van der Waals surface area contributed by atoms with Crippen LogP contribution in [0.3, 0.4) is 0 Å². The average Bonchev–Trinajstić information content (AvgIpc) is 2.34. The number of hydrogen-bond donors (Lipinski definition) is 1. The van der Waals surface area contributed by atoms with Gasteiger partial charge in [0.25, 0.3) is 0 Å². The van der Waals surface area contributed by atoms with Crippen LogP contribution in [0, 0.1) is 12.7 Å². The van der Waals surface area contributed by atoms with E-state index in [4.69, 9.17) is 10.5 Å². The van der Waals surface area contributed by atoms with E-state index in [1.807, 2.05) is 19.1 Å². The van der Waals surface area contributed by atoms with E-state index in [1.165, 1.54) is 6.07 Å². The third-order valence-corrected chi connectivity index (χ3v) is 3.19. The standard InChI is InChI=1S/C14H13BrFNO/c1-9-5-6-13(11(15)7-9)18-14-10(8-17)3-2-4-12(14)16/h2-7H,8,17H2,1H3. The minimum absolute atomic E-state index is 0.185. The molecule has 0 radical (unpaired) electrons. The molecule has 2 aromatic rings. The third-order valence-electron chi connectivity index (χ3n) is 2.57. The van der Waals surface area contributed by atoms with Crippen molar-refractivity contribution in [1.82, 2.24) is 0 Å². The summed E-state index contributed by atoms with van der Waals surface area (Å²) in [5.74, 6) is 0.343. The predicted octanol–water partition coefficient (Wildman–Crippen LogP) is 4.15. The third kappa shape index (κ3) is 2.71. The van der Waals surface area contributed by atoms with Crippen molar-refractivity contribution in [1.29, 1.82) is 0 Å². The van der Waals surface area contributed by atoms with Crippen LogP contribution in [0.25, 0.3) is 0 Å². The zero-order valence-electron chi connectivity index (χ0n) is 9.91. The largest absolute Gasteiger partial charge is 0.453 e. The highest BCUT2D eigenvalue weighted by atomic mass is 79.9. The molecule has 0 unspecified atom stereocenters. The summed E-state index contributed by atoms with van der Waals surface area (Å²) in [5.41, 5.74) is 7.32. The molecule has 18 heavy (non-hydrogen) atoms. The summed E-state index contributed by atoms with van der Waals surface area (Å²) in [4.78, 5) is 0. The van der Waals surface area contributed by atoms with Crippen molar-refractivity contribution < 1.29 is 9.13 Å². The van der Waals surface area contributed by atoms with E-state index in [0.29, 0.717) is 11.3 Å². The number of para-hydroxylation sites is 1. The molecule has 2 rings (SSSR count). The number of ether oxygens (including phenoxy) is 1. The molecular formula is C14H13BrFNO. The number of hydrogen-bond acceptors (Lipinski definition) is 2. The predicted molar refractivity (Wildman–Crippen MR) is 73.2 cm³/mol. The Morgan fingerprint density at radius 1 is 1.28 bits per heavy atom. The van der Waals surface area contributed by atoms with Gasteiger partial charge < -0.3 is 10.5 Å². The molecule has 0 saturated heterocycles. The van der Waals surface area contributed by atoms with E-state index in [2.05, 4.69) is 15.9 Å². The van der Waals surface area contributed by atoms with Crippen LogP contribution in [0.5, 0.6) is 11.5 Å². The molecule has 0 fully saturated rings. The van der Waals surface area contributed by atoms with Crippen molar-refractivity contribution in [2.24, 2.45) is 5.73 Å². The van der Waals surface area contributed by atoms with Gasteiger partial charge in [-0.1, -0.05) is 18.2 Å². The summed E-state index contributed by atoms with van der Waals surface area (Å²) in [6.07, 6.45) is 0. The van der Waals surface area contributed by atoms with Crippen molar-refractivity contribution in [2.75, 3.05) is 0 Å². The van der Waals surface area contributed by atoms with E-state index in [1.54, 1.807) is 18.2 Å². The molecular weight excluding hydrogens is 297 g/mol. The Balaban J connectivity index is 2.39. The van der Waals surface area contributed by atoms with Gasteiger partial charge in [-0.15, -0.1) is 0 Å². The lowest BCUT2D eigenvalue weighted by Gasteiger charge is -2.12. The SMILES string of the molecule is Cc1ccc(Oc2c(F)cccc2CN)c(Br)c1. The Bertz CT molecular complexity index is 572. The lowest BCUT2D eigenvalue weighted by molar-refractivity contribution is 0.434. The topological polar surface area (TPSA) is 35.2 Å². The monoisotopic (exact) mass is 309 g/mol. The first-order chi connectivity index (χ1) is 8.61. The zero-order chi connectivity index (χ0) is 13.1. The highest BCUT2D eigenvalue weighted by Gasteiger charge is 2.11. The van der Waals surface area contributed by atoms with Crippen molar-refractivity contribution in [3.8, 4) is 11.5 Å².